The van der Waals surface area contributed by atoms with Crippen molar-refractivity contribution >= 4 is 9.84 Å². The lowest BCUT2D eigenvalue weighted by molar-refractivity contribution is 0.585. The summed E-state index contributed by atoms with van der Waals surface area (Å²) in [6.07, 6.45) is 3.25. The molecule has 0 fully saturated rings. The van der Waals surface area contributed by atoms with Crippen molar-refractivity contribution < 1.29 is 8.42 Å². The molecule has 0 saturated heterocycles. The van der Waals surface area contributed by atoms with Gasteiger partial charge in [-0.1, -0.05) is 6.92 Å². The summed E-state index contributed by atoms with van der Waals surface area (Å²) in [7, 11) is -2.94. The highest BCUT2D eigenvalue weighted by atomic mass is 32.2. The zero-order chi connectivity index (χ0) is 9.19. The maximum Gasteiger partial charge on any atom is 0.168 e. The van der Waals surface area contributed by atoms with Crippen LogP contribution in [-0.2, 0) is 15.7 Å². The molecule has 1 aromatic heterocycles. The van der Waals surface area contributed by atoms with E-state index in [1.54, 1.807) is 17.7 Å². The van der Waals surface area contributed by atoms with Crippen molar-refractivity contribution in [3.05, 3.63) is 18.2 Å². The lowest BCUT2D eigenvalue weighted by atomic mass is 10.6. The van der Waals surface area contributed by atoms with Crippen molar-refractivity contribution in [3.8, 4) is 0 Å². The van der Waals surface area contributed by atoms with E-state index in [4.69, 9.17) is 0 Å². The molecule has 68 valence electrons. The first kappa shape index (κ1) is 9.25. The fraction of sp³-hybridized carbons (Fsp3) is 0.571. The number of imidazole rings is 1. The molecule has 0 unspecified atom stereocenters. The first-order valence-corrected chi connectivity index (χ1v) is 5.54. The fourth-order valence-electron chi connectivity index (χ4n) is 0.861. The van der Waals surface area contributed by atoms with Gasteiger partial charge in [-0.3, -0.25) is 0 Å². The highest BCUT2D eigenvalue weighted by Gasteiger charge is 2.07. The van der Waals surface area contributed by atoms with Crippen LogP contribution in [0.3, 0.4) is 0 Å². The van der Waals surface area contributed by atoms with Gasteiger partial charge in [0.15, 0.2) is 9.84 Å². The predicted molar refractivity (Wildman–Crippen MR) is 46.4 cm³/mol. The maximum atomic E-state index is 11.1. The first-order valence-electron chi connectivity index (χ1n) is 3.72. The van der Waals surface area contributed by atoms with E-state index in [0.717, 1.165) is 5.69 Å². The van der Waals surface area contributed by atoms with Gasteiger partial charge in [-0.05, 0) is 6.92 Å². The van der Waals surface area contributed by atoms with Gasteiger partial charge in [-0.2, -0.15) is 0 Å². The highest BCUT2D eigenvalue weighted by Crippen LogP contribution is 1.98. The number of nitrogens with zero attached hydrogens (tertiary/aromatic N) is 2. The van der Waals surface area contributed by atoms with Crippen LogP contribution in [0.15, 0.2) is 12.5 Å². The largest absolute Gasteiger partial charge is 0.322 e. The minimum absolute atomic E-state index is 0.0321. The summed E-state index contributed by atoms with van der Waals surface area (Å²) >= 11 is 0. The second kappa shape index (κ2) is 3.26. The summed E-state index contributed by atoms with van der Waals surface area (Å²) in [5.41, 5.74) is 0.835. The molecule has 1 heterocycles. The first-order chi connectivity index (χ1) is 5.53. The van der Waals surface area contributed by atoms with E-state index in [1.165, 1.54) is 6.33 Å². The minimum atomic E-state index is -2.94. The van der Waals surface area contributed by atoms with Gasteiger partial charge in [0, 0.05) is 11.9 Å². The van der Waals surface area contributed by atoms with Crippen LogP contribution in [0.1, 0.15) is 12.6 Å². The molecule has 1 aromatic rings. The Hall–Kier alpha value is -0.840. The standard InChI is InChI=1S/C7H12N2O2S/c1-3-12(10,11)6-9-4-7(2)8-5-9/h4-5H,3,6H2,1-2H3. The summed E-state index contributed by atoms with van der Waals surface area (Å²) in [4.78, 5) is 3.93. The van der Waals surface area contributed by atoms with E-state index in [0.29, 0.717) is 0 Å². The number of rotatable bonds is 3. The van der Waals surface area contributed by atoms with Crippen LogP contribution in [0.5, 0.6) is 0 Å². The molecule has 0 atom stereocenters. The summed E-state index contributed by atoms with van der Waals surface area (Å²) in [5.74, 6) is 0.203. The Bertz CT molecular complexity index is 353. The van der Waals surface area contributed by atoms with Gasteiger partial charge in [-0.15, -0.1) is 0 Å². The molecular formula is C7H12N2O2S. The van der Waals surface area contributed by atoms with Gasteiger partial charge in [-0.25, -0.2) is 13.4 Å². The molecule has 0 aliphatic carbocycles. The van der Waals surface area contributed by atoms with Gasteiger partial charge < -0.3 is 4.57 Å². The van der Waals surface area contributed by atoms with Crippen LogP contribution in [0.4, 0.5) is 0 Å². The summed E-state index contributed by atoms with van der Waals surface area (Å²) < 4.78 is 23.8. The molecule has 5 heteroatoms. The molecule has 0 aromatic carbocycles. The van der Waals surface area contributed by atoms with Crippen LogP contribution in [0.2, 0.25) is 0 Å². The molecule has 4 nitrogen and oxygen atoms in total. The van der Waals surface area contributed by atoms with Crippen LogP contribution >= 0.6 is 0 Å². The van der Waals surface area contributed by atoms with E-state index < -0.39 is 9.84 Å². The molecule has 0 radical (unpaired) electrons. The molecule has 0 aliphatic heterocycles. The molecule has 0 bridgehead atoms. The monoisotopic (exact) mass is 188 g/mol. The summed E-state index contributed by atoms with van der Waals surface area (Å²) in [6, 6.07) is 0. The normalized spacial score (nSPS) is 11.8. The molecular weight excluding hydrogens is 176 g/mol. The lowest BCUT2D eigenvalue weighted by Crippen LogP contribution is -2.11. The van der Waals surface area contributed by atoms with Gasteiger partial charge in [0.2, 0.25) is 0 Å². The third-order valence-corrected chi connectivity index (χ3v) is 3.12. The Labute approximate surface area is 72.2 Å². The Kier molecular flexibility index (Phi) is 2.52. The van der Waals surface area contributed by atoms with Crippen molar-refractivity contribution in [3.63, 3.8) is 0 Å². The Balaban J connectivity index is 2.77. The number of aryl methyl sites for hydroxylation is 1. The molecule has 0 saturated carbocycles. The molecule has 0 N–H and O–H groups in total. The van der Waals surface area contributed by atoms with Gasteiger partial charge in [0.25, 0.3) is 0 Å². The third kappa shape index (κ3) is 2.34. The highest BCUT2D eigenvalue weighted by molar-refractivity contribution is 7.90. The second-order valence-corrected chi connectivity index (χ2v) is 5.01. The Morgan fingerprint density at radius 3 is 2.67 bits per heavy atom. The topological polar surface area (TPSA) is 52.0 Å². The molecule has 0 aliphatic rings. The number of hydrogen-bond donors (Lipinski definition) is 0. The van der Waals surface area contributed by atoms with Crippen molar-refractivity contribution in [2.24, 2.45) is 0 Å². The van der Waals surface area contributed by atoms with Crippen molar-refractivity contribution in [1.82, 2.24) is 9.55 Å². The number of hydrogen-bond acceptors (Lipinski definition) is 3. The molecule has 0 amide bonds. The van der Waals surface area contributed by atoms with Crippen LogP contribution < -0.4 is 0 Å². The second-order valence-electron chi connectivity index (χ2n) is 2.69. The van der Waals surface area contributed by atoms with E-state index in [9.17, 15) is 8.42 Å². The van der Waals surface area contributed by atoms with E-state index in [-0.39, 0.29) is 11.6 Å². The predicted octanol–water partition coefficient (Wildman–Crippen LogP) is 0.584. The average Bonchev–Trinajstić information content (AvgIpc) is 2.35. The van der Waals surface area contributed by atoms with Crippen LogP contribution in [0.25, 0.3) is 0 Å². The fourth-order valence-corrected chi connectivity index (χ4v) is 1.64. The van der Waals surface area contributed by atoms with E-state index >= 15 is 0 Å². The SMILES string of the molecule is CCS(=O)(=O)Cn1cnc(C)c1. The number of aromatic nitrogens is 2. The summed E-state index contributed by atoms with van der Waals surface area (Å²) in [6.45, 7) is 3.47. The Morgan fingerprint density at radius 1 is 1.58 bits per heavy atom. The quantitative estimate of drug-likeness (QED) is 0.697. The van der Waals surface area contributed by atoms with Gasteiger partial charge in [0.05, 0.1) is 12.0 Å². The van der Waals surface area contributed by atoms with Crippen LogP contribution in [0, 0.1) is 6.92 Å². The molecule has 0 spiro atoms. The smallest absolute Gasteiger partial charge is 0.168 e. The summed E-state index contributed by atoms with van der Waals surface area (Å²) in [5, 5.41) is 0. The van der Waals surface area contributed by atoms with Crippen molar-refractivity contribution in [2.45, 2.75) is 19.7 Å². The zero-order valence-electron chi connectivity index (χ0n) is 7.19. The molecule has 1 rings (SSSR count). The van der Waals surface area contributed by atoms with E-state index in [1.807, 2.05) is 6.92 Å². The maximum absolute atomic E-state index is 11.1. The zero-order valence-corrected chi connectivity index (χ0v) is 8.00. The van der Waals surface area contributed by atoms with Crippen molar-refractivity contribution in [2.75, 3.05) is 5.75 Å². The van der Waals surface area contributed by atoms with Gasteiger partial charge in [0.1, 0.15) is 5.88 Å². The van der Waals surface area contributed by atoms with Gasteiger partial charge >= 0.3 is 0 Å². The van der Waals surface area contributed by atoms with Crippen LogP contribution in [-0.4, -0.2) is 23.7 Å². The minimum Gasteiger partial charge on any atom is -0.322 e. The number of sulfone groups is 1. The average molecular weight is 188 g/mol. The molecule has 12 heavy (non-hydrogen) atoms. The third-order valence-electron chi connectivity index (χ3n) is 1.55. The Morgan fingerprint density at radius 2 is 2.25 bits per heavy atom. The lowest BCUT2D eigenvalue weighted by Gasteiger charge is -2.00. The van der Waals surface area contributed by atoms with E-state index in [2.05, 4.69) is 4.98 Å². The van der Waals surface area contributed by atoms with Crippen molar-refractivity contribution in [1.29, 1.82) is 0 Å².